The fourth-order valence-electron chi connectivity index (χ4n) is 2.91. The van der Waals surface area contributed by atoms with E-state index in [1.165, 1.54) is 0 Å². The smallest absolute Gasteiger partial charge is 0.233 e. The lowest BCUT2D eigenvalue weighted by atomic mass is 9.84. The zero-order chi connectivity index (χ0) is 15.0. The molecule has 1 rings (SSSR count). The normalized spacial score (nSPS) is 18.4. The Morgan fingerprint density at radius 2 is 2.00 bits per heavy atom. The van der Waals surface area contributed by atoms with E-state index in [0.29, 0.717) is 19.4 Å². The minimum Gasteiger partial charge on any atom is -0.409 e. The third-order valence-electron chi connectivity index (χ3n) is 4.19. The molecule has 0 atom stereocenters. The SMILES string of the molecule is CCCN(CC)CCNC(=O)C1(C(N)=NO)CCCC1. The van der Waals surface area contributed by atoms with E-state index in [-0.39, 0.29) is 11.7 Å². The molecule has 116 valence electrons. The zero-order valence-electron chi connectivity index (χ0n) is 12.7. The number of amides is 1. The molecule has 6 nitrogen and oxygen atoms in total. The van der Waals surface area contributed by atoms with E-state index in [0.717, 1.165) is 38.9 Å². The molecule has 1 saturated carbocycles. The first-order chi connectivity index (χ1) is 9.60. The van der Waals surface area contributed by atoms with Gasteiger partial charge in [-0.15, -0.1) is 0 Å². The Morgan fingerprint density at radius 3 is 2.50 bits per heavy atom. The van der Waals surface area contributed by atoms with Crippen molar-refractivity contribution >= 4 is 11.7 Å². The fourth-order valence-corrected chi connectivity index (χ4v) is 2.91. The fraction of sp³-hybridized carbons (Fsp3) is 0.857. The molecular weight excluding hydrogens is 256 g/mol. The van der Waals surface area contributed by atoms with E-state index >= 15 is 0 Å². The molecule has 6 heteroatoms. The number of likely N-dealkylation sites (N-methyl/N-ethyl adjacent to an activating group) is 1. The number of hydrogen-bond acceptors (Lipinski definition) is 4. The maximum atomic E-state index is 12.4. The third-order valence-corrected chi connectivity index (χ3v) is 4.19. The number of carbonyl (C=O) groups is 1. The van der Waals surface area contributed by atoms with E-state index in [4.69, 9.17) is 10.9 Å². The lowest BCUT2D eigenvalue weighted by Crippen LogP contribution is -2.49. The van der Waals surface area contributed by atoms with Crippen molar-refractivity contribution in [2.24, 2.45) is 16.3 Å². The molecule has 4 N–H and O–H groups in total. The minimum absolute atomic E-state index is 0.0494. The van der Waals surface area contributed by atoms with Crippen LogP contribution >= 0.6 is 0 Å². The lowest BCUT2D eigenvalue weighted by Gasteiger charge is -2.27. The maximum absolute atomic E-state index is 12.4. The molecule has 0 aromatic rings. The van der Waals surface area contributed by atoms with Crippen molar-refractivity contribution in [2.45, 2.75) is 46.0 Å². The summed E-state index contributed by atoms with van der Waals surface area (Å²) in [5.74, 6) is -0.0498. The van der Waals surface area contributed by atoms with Crippen LogP contribution in [0.3, 0.4) is 0 Å². The second-order valence-electron chi connectivity index (χ2n) is 5.46. The lowest BCUT2D eigenvalue weighted by molar-refractivity contribution is -0.127. The van der Waals surface area contributed by atoms with Crippen LogP contribution in [0.4, 0.5) is 0 Å². The number of nitrogens with zero attached hydrogens (tertiary/aromatic N) is 2. The molecule has 0 radical (unpaired) electrons. The number of nitrogens with one attached hydrogen (secondary N) is 1. The Bertz CT molecular complexity index is 338. The Hall–Kier alpha value is -1.30. The Balaban J connectivity index is 2.52. The second-order valence-corrected chi connectivity index (χ2v) is 5.46. The molecule has 0 unspecified atom stereocenters. The van der Waals surface area contributed by atoms with Gasteiger partial charge in [0.15, 0.2) is 5.84 Å². The van der Waals surface area contributed by atoms with Gasteiger partial charge in [-0.05, 0) is 32.4 Å². The summed E-state index contributed by atoms with van der Waals surface area (Å²) >= 11 is 0. The van der Waals surface area contributed by atoms with Crippen molar-refractivity contribution < 1.29 is 10.0 Å². The summed E-state index contributed by atoms with van der Waals surface area (Å²) < 4.78 is 0. The first-order valence-electron chi connectivity index (χ1n) is 7.59. The van der Waals surface area contributed by atoms with Gasteiger partial charge >= 0.3 is 0 Å². The maximum Gasteiger partial charge on any atom is 0.233 e. The molecule has 0 bridgehead atoms. The van der Waals surface area contributed by atoms with Crippen molar-refractivity contribution in [2.75, 3.05) is 26.2 Å². The van der Waals surface area contributed by atoms with Crippen LogP contribution < -0.4 is 11.1 Å². The predicted octanol–water partition coefficient (Wildman–Crippen LogP) is 1.14. The second kappa shape index (κ2) is 8.09. The van der Waals surface area contributed by atoms with E-state index in [1.54, 1.807) is 0 Å². The summed E-state index contributed by atoms with van der Waals surface area (Å²) in [5, 5.41) is 14.9. The first-order valence-corrected chi connectivity index (χ1v) is 7.59. The molecule has 0 spiro atoms. The largest absolute Gasteiger partial charge is 0.409 e. The highest BCUT2D eigenvalue weighted by atomic mass is 16.4. The van der Waals surface area contributed by atoms with Gasteiger partial charge in [-0.25, -0.2) is 0 Å². The number of amidine groups is 1. The van der Waals surface area contributed by atoms with Gasteiger partial charge in [0.2, 0.25) is 5.91 Å². The van der Waals surface area contributed by atoms with E-state index < -0.39 is 5.41 Å². The van der Waals surface area contributed by atoms with Crippen LogP contribution in [-0.4, -0.2) is 48.0 Å². The average molecular weight is 284 g/mol. The van der Waals surface area contributed by atoms with Crippen LogP contribution in [0.1, 0.15) is 46.0 Å². The number of hydrogen-bond donors (Lipinski definition) is 3. The molecule has 0 heterocycles. The van der Waals surface area contributed by atoms with Crippen LogP contribution in [0.25, 0.3) is 0 Å². The molecule has 0 aliphatic heterocycles. The Labute approximate surface area is 121 Å². The van der Waals surface area contributed by atoms with Crippen LogP contribution in [0, 0.1) is 5.41 Å². The molecule has 1 aliphatic carbocycles. The van der Waals surface area contributed by atoms with E-state index in [1.807, 2.05) is 0 Å². The van der Waals surface area contributed by atoms with Gasteiger partial charge in [0, 0.05) is 13.1 Å². The Kier molecular flexibility index (Phi) is 6.78. The number of nitrogens with two attached hydrogens (primary N) is 1. The van der Waals surface area contributed by atoms with Crippen LogP contribution in [0.5, 0.6) is 0 Å². The Morgan fingerprint density at radius 1 is 1.35 bits per heavy atom. The summed E-state index contributed by atoms with van der Waals surface area (Å²) in [4.78, 5) is 14.7. The molecule has 1 aliphatic rings. The molecule has 0 saturated heterocycles. The van der Waals surface area contributed by atoms with Crippen molar-refractivity contribution in [3.05, 3.63) is 0 Å². The van der Waals surface area contributed by atoms with Gasteiger partial charge in [-0.2, -0.15) is 0 Å². The van der Waals surface area contributed by atoms with Crippen LogP contribution in [-0.2, 0) is 4.79 Å². The topological polar surface area (TPSA) is 91.0 Å². The van der Waals surface area contributed by atoms with E-state index in [2.05, 4.69) is 29.2 Å². The van der Waals surface area contributed by atoms with Crippen LogP contribution in [0.15, 0.2) is 5.16 Å². The van der Waals surface area contributed by atoms with Gasteiger partial charge in [0.05, 0.1) is 0 Å². The van der Waals surface area contributed by atoms with Gasteiger partial charge in [0.1, 0.15) is 5.41 Å². The van der Waals surface area contributed by atoms with Crippen molar-refractivity contribution in [1.29, 1.82) is 0 Å². The summed E-state index contributed by atoms with van der Waals surface area (Å²) in [6.45, 7) is 7.72. The molecular formula is C14H28N4O2. The molecule has 0 aromatic carbocycles. The van der Waals surface area contributed by atoms with E-state index in [9.17, 15) is 4.79 Å². The monoisotopic (exact) mass is 284 g/mol. The third kappa shape index (κ3) is 3.85. The molecule has 20 heavy (non-hydrogen) atoms. The van der Waals surface area contributed by atoms with Crippen LogP contribution in [0.2, 0.25) is 0 Å². The van der Waals surface area contributed by atoms with Crippen molar-refractivity contribution in [3.63, 3.8) is 0 Å². The number of carbonyl (C=O) groups excluding carboxylic acids is 1. The highest BCUT2D eigenvalue weighted by molar-refractivity contribution is 6.07. The highest BCUT2D eigenvalue weighted by Gasteiger charge is 2.45. The summed E-state index contributed by atoms with van der Waals surface area (Å²) in [7, 11) is 0. The predicted molar refractivity (Wildman–Crippen MR) is 79.7 cm³/mol. The highest BCUT2D eigenvalue weighted by Crippen LogP contribution is 2.38. The van der Waals surface area contributed by atoms with Crippen molar-refractivity contribution in [1.82, 2.24) is 10.2 Å². The van der Waals surface area contributed by atoms with Crippen molar-refractivity contribution in [3.8, 4) is 0 Å². The quantitative estimate of drug-likeness (QED) is 0.270. The minimum atomic E-state index is -0.795. The molecule has 1 amide bonds. The first kappa shape index (κ1) is 16.8. The summed E-state index contributed by atoms with van der Waals surface area (Å²) in [6.07, 6.45) is 4.33. The van der Waals surface area contributed by atoms with Gasteiger partial charge in [-0.3, -0.25) is 4.79 Å². The molecule has 0 aromatic heterocycles. The average Bonchev–Trinajstić information content (AvgIpc) is 2.96. The van der Waals surface area contributed by atoms with Gasteiger partial charge in [0.25, 0.3) is 0 Å². The summed E-state index contributed by atoms with van der Waals surface area (Å²) in [5.41, 5.74) is 4.95. The van der Waals surface area contributed by atoms with Gasteiger partial charge < -0.3 is 21.2 Å². The number of oxime groups is 1. The molecule has 1 fully saturated rings. The van der Waals surface area contributed by atoms with Gasteiger partial charge in [-0.1, -0.05) is 31.8 Å². The summed E-state index contributed by atoms with van der Waals surface area (Å²) in [6, 6.07) is 0. The number of rotatable bonds is 8. The standard InChI is InChI=1S/C14H28N4O2/c1-3-10-18(4-2)11-9-16-13(19)14(12(15)17-20)7-5-6-8-14/h20H,3-11H2,1-2H3,(H2,15,17)(H,16,19). The zero-order valence-corrected chi connectivity index (χ0v) is 12.7.